The van der Waals surface area contributed by atoms with Crippen molar-refractivity contribution in [3.63, 3.8) is 0 Å². The van der Waals surface area contributed by atoms with E-state index in [1.165, 1.54) is 18.2 Å². The van der Waals surface area contributed by atoms with Gasteiger partial charge in [-0.05, 0) is 18.6 Å². The minimum Gasteiger partial charge on any atom is -0.370 e. The molecule has 1 aliphatic rings. The summed E-state index contributed by atoms with van der Waals surface area (Å²) in [6.07, 6.45) is 2.28. The summed E-state index contributed by atoms with van der Waals surface area (Å²) in [6.45, 7) is 3.94. The number of aliphatic imine (C=N–C) groups is 1. The average Bonchev–Trinajstić information content (AvgIpc) is 3.05. The van der Waals surface area contributed by atoms with Crippen LogP contribution < -0.4 is 11.1 Å². The number of hydrogen-bond acceptors (Lipinski definition) is 1. The number of nitrogens with zero attached hydrogens (tertiary/aromatic N) is 1. The summed E-state index contributed by atoms with van der Waals surface area (Å²) in [4.78, 5) is 3.97. The van der Waals surface area contributed by atoms with E-state index in [9.17, 15) is 8.78 Å². The van der Waals surface area contributed by atoms with Gasteiger partial charge in [-0.3, -0.25) is 0 Å². The van der Waals surface area contributed by atoms with Crippen LogP contribution in [0.25, 0.3) is 0 Å². The monoisotopic (exact) mass is 251 g/mol. The zero-order valence-corrected chi connectivity index (χ0v) is 9.87. The normalized spacial score (nSPS) is 22.7. The lowest BCUT2D eigenvalue weighted by Crippen LogP contribution is -2.34. The molecule has 0 amide bonds. The molecule has 1 aromatic rings. The molecular weight excluding hydrogens is 236 g/mol. The van der Waals surface area contributed by atoms with Gasteiger partial charge >= 0.3 is 0 Å². The Morgan fingerprint density at radius 3 is 2.78 bits per heavy atom. The third kappa shape index (κ3) is 2.67. The smallest absolute Gasteiger partial charge is 0.189 e. The van der Waals surface area contributed by atoms with Gasteiger partial charge in [0, 0.05) is 17.5 Å². The van der Waals surface area contributed by atoms with Gasteiger partial charge in [0.05, 0.1) is 6.54 Å². The van der Waals surface area contributed by atoms with Crippen molar-refractivity contribution in [1.82, 2.24) is 5.32 Å². The third-order valence-electron chi connectivity index (χ3n) is 2.88. The van der Waals surface area contributed by atoms with E-state index in [1.54, 1.807) is 6.08 Å². The lowest BCUT2D eigenvalue weighted by molar-refractivity contribution is 0.554. The summed E-state index contributed by atoms with van der Waals surface area (Å²) in [5.74, 6) is -0.917. The maximum atomic E-state index is 13.5. The summed E-state index contributed by atoms with van der Waals surface area (Å²) in [6, 6.07) is 3.84. The summed E-state index contributed by atoms with van der Waals surface area (Å²) < 4.78 is 27.0. The highest BCUT2D eigenvalue weighted by Gasteiger charge is 2.42. The van der Waals surface area contributed by atoms with Gasteiger partial charge in [0.15, 0.2) is 5.96 Å². The van der Waals surface area contributed by atoms with Crippen molar-refractivity contribution in [1.29, 1.82) is 0 Å². The highest BCUT2D eigenvalue weighted by Crippen LogP contribution is 2.42. The molecular formula is C13H15F2N3. The van der Waals surface area contributed by atoms with Gasteiger partial charge in [-0.15, -0.1) is 6.58 Å². The molecule has 2 atom stereocenters. The third-order valence-corrected chi connectivity index (χ3v) is 2.88. The van der Waals surface area contributed by atoms with Gasteiger partial charge in [0.1, 0.15) is 11.6 Å². The van der Waals surface area contributed by atoms with E-state index in [-0.39, 0.29) is 23.5 Å². The van der Waals surface area contributed by atoms with Gasteiger partial charge < -0.3 is 11.1 Å². The first-order valence-electron chi connectivity index (χ1n) is 5.74. The van der Waals surface area contributed by atoms with Crippen LogP contribution in [0.4, 0.5) is 8.78 Å². The molecule has 1 saturated carbocycles. The molecule has 2 rings (SSSR count). The SMILES string of the molecule is C=CCN=C(N)N[C@@H]1C[C@H]1c1c(F)cccc1F. The van der Waals surface area contributed by atoms with E-state index >= 15 is 0 Å². The van der Waals surface area contributed by atoms with E-state index in [1.807, 2.05) is 0 Å². The molecule has 0 saturated heterocycles. The van der Waals surface area contributed by atoms with Crippen molar-refractivity contribution in [2.24, 2.45) is 10.7 Å². The van der Waals surface area contributed by atoms with Crippen LogP contribution in [0.1, 0.15) is 17.9 Å². The van der Waals surface area contributed by atoms with Crippen molar-refractivity contribution in [3.8, 4) is 0 Å². The van der Waals surface area contributed by atoms with Crippen LogP contribution in [0.15, 0.2) is 35.8 Å². The Balaban J connectivity index is 2.01. The van der Waals surface area contributed by atoms with E-state index < -0.39 is 11.6 Å². The number of rotatable bonds is 4. The number of hydrogen-bond donors (Lipinski definition) is 2. The van der Waals surface area contributed by atoms with Crippen LogP contribution >= 0.6 is 0 Å². The topological polar surface area (TPSA) is 50.4 Å². The molecule has 1 fully saturated rings. The minimum absolute atomic E-state index is 0.0510. The van der Waals surface area contributed by atoms with Gasteiger partial charge in [0.25, 0.3) is 0 Å². The Hall–Kier alpha value is -1.91. The van der Waals surface area contributed by atoms with Crippen LogP contribution in [0, 0.1) is 11.6 Å². The minimum atomic E-state index is -0.508. The molecule has 96 valence electrons. The van der Waals surface area contributed by atoms with Crippen LogP contribution in [0.5, 0.6) is 0 Å². The summed E-state index contributed by atoms with van der Waals surface area (Å²) in [7, 11) is 0. The molecule has 1 aliphatic carbocycles. The number of guanidine groups is 1. The predicted molar refractivity (Wildman–Crippen MR) is 67.3 cm³/mol. The largest absolute Gasteiger partial charge is 0.370 e. The van der Waals surface area contributed by atoms with Crippen LogP contribution in [-0.4, -0.2) is 18.5 Å². The molecule has 0 bridgehead atoms. The molecule has 0 heterocycles. The van der Waals surface area contributed by atoms with Crippen molar-refractivity contribution in [2.45, 2.75) is 18.4 Å². The lowest BCUT2D eigenvalue weighted by atomic mass is 10.1. The second-order valence-electron chi connectivity index (χ2n) is 4.24. The fourth-order valence-electron chi connectivity index (χ4n) is 1.94. The first-order valence-corrected chi connectivity index (χ1v) is 5.74. The van der Waals surface area contributed by atoms with Crippen LogP contribution in [0.3, 0.4) is 0 Å². The van der Waals surface area contributed by atoms with E-state index in [0.717, 1.165) is 0 Å². The van der Waals surface area contributed by atoms with Crippen molar-refractivity contribution < 1.29 is 8.78 Å². The van der Waals surface area contributed by atoms with E-state index in [0.29, 0.717) is 13.0 Å². The maximum absolute atomic E-state index is 13.5. The Bertz CT molecular complexity index is 465. The van der Waals surface area contributed by atoms with Gasteiger partial charge in [0.2, 0.25) is 0 Å². The quantitative estimate of drug-likeness (QED) is 0.488. The number of nitrogens with two attached hydrogens (primary N) is 1. The second kappa shape index (κ2) is 5.16. The maximum Gasteiger partial charge on any atom is 0.189 e. The highest BCUT2D eigenvalue weighted by atomic mass is 19.1. The predicted octanol–water partition coefficient (Wildman–Crippen LogP) is 1.91. The van der Waals surface area contributed by atoms with Gasteiger partial charge in [-0.25, -0.2) is 13.8 Å². The standard InChI is InChI=1S/C13H15F2N3/c1-2-6-17-13(16)18-11-7-8(11)12-9(14)4-3-5-10(12)15/h2-5,8,11H,1,6-7H2,(H3,16,17,18)/t8-,11-/m1/s1. The fourth-order valence-corrected chi connectivity index (χ4v) is 1.94. The Labute approximate surface area is 104 Å². The molecule has 0 radical (unpaired) electrons. The Kier molecular flexibility index (Phi) is 3.60. The Morgan fingerprint density at radius 2 is 2.17 bits per heavy atom. The lowest BCUT2D eigenvalue weighted by Gasteiger charge is -2.06. The average molecular weight is 251 g/mol. The van der Waals surface area contributed by atoms with Gasteiger partial charge in [-0.1, -0.05) is 12.1 Å². The molecule has 18 heavy (non-hydrogen) atoms. The molecule has 0 aromatic heterocycles. The molecule has 5 heteroatoms. The summed E-state index contributed by atoms with van der Waals surface area (Å²) in [5.41, 5.74) is 5.75. The zero-order chi connectivity index (χ0) is 13.1. The molecule has 3 N–H and O–H groups in total. The first-order chi connectivity index (χ1) is 8.63. The Morgan fingerprint density at radius 1 is 1.50 bits per heavy atom. The van der Waals surface area contributed by atoms with Gasteiger partial charge in [-0.2, -0.15) is 0 Å². The number of benzene rings is 1. The zero-order valence-electron chi connectivity index (χ0n) is 9.87. The fraction of sp³-hybridized carbons (Fsp3) is 0.308. The van der Waals surface area contributed by atoms with Crippen LogP contribution in [0.2, 0.25) is 0 Å². The van der Waals surface area contributed by atoms with Crippen molar-refractivity contribution in [3.05, 3.63) is 48.1 Å². The second-order valence-corrected chi connectivity index (χ2v) is 4.24. The molecule has 0 aliphatic heterocycles. The van der Waals surface area contributed by atoms with E-state index in [2.05, 4.69) is 16.9 Å². The van der Waals surface area contributed by atoms with E-state index in [4.69, 9.17) is 5.73 Å². The number of halogens is 2. The molecule has 0 spiro atoms. The molecule has 3 nitrogen and oxygen atoms in total. The molecule has 1 aromatic carbocycles. The van der Waals surface area contributed by atoms with Crippen molar-refractivity contribution >= 4 is 5.96 Å². The summed E-state index contributed by atoms with van der Waals surface area (Å²) >= 11 is 0. The highest BCUT2D eigenvalue weighted by molar-refractivity contribution is 5.78. The number of nitrogens with one attached hydrogen (secondary N) is 1. The molecule has 0 unspecified atom stereocenters. The van der Waals surface area contributed by atoms with Crippen molar-refractivity contribution in [2.75, 3.05) is 6.54 Å². The van der Waals surface area contributed by atoms with Crippen LogP contribution in [-0.2, 0) is 0 Å². The summed E-state index contributed by atoms with van der Waals surface area (Å²) in [5, 5.41) is 2.94. The first kappa shape index (κ1) is 12.5.